The lowest BCUT2D eigenvalue weighted by Crippen LogP contribution is -2.42. The highest BCUT2D eigenvalue weighted by molar-refractivity contribution is 5.81. The van der Waals surface area contributed by atoms with Gasteiger partial charge in [-0.1, -0.05) is 105 Å². The monoisotopic (exact) mass is 801 g/mol. The van der Waals surface area contributed by atoms with Crippen LogP contribution in [-0.2, 0) is 24.1 Å². The van der Waals surface area contributed by atoms with E-state index in [1.165, 1.54) is 18.2 Å². The summed E-state index contributed by atoms with van der Waals surface area (Å²) < 4.78 is 4.29. The fraction of sp³-hybridized carbons (Fsp3) is 0.465. The van der Waals surface area contributed by atoms with Gasteiger partial charge in [-0.15, -0.1) is 25.5 Å². The molecule has 6 aromatic rings. The maximum absolute atomic E-state index is 14.0. The maximum atomic E-state index is 14.0. The van der Waals surface area contributed by atoms with Gasteiger partial charge in [0.25, 0.3) is 0 Å². The number of anilines is 1. The van der Waals surface area contributed by atoms with Crippen LogP contribution in [0.5, 0.6) is 0 Å². The number of hydrogen-bond donors (Lipinski definition) is 4. The van der Waals surface area contributed by atoms with Gasteiger partial charge in [0.05, 0.1) is 17.6 Å². The maximum Gasteiger partial charge on any atom is 0.433 e. The molecule has 4 N–H and O–H groups in total. The summed E-state index contributed by atoms with van der Waals surface area (Å²) in [6.07, 6.45) is 8.62. The molecule has 0 aliphatic heterocycles. The number of carboxylic acid groups (broad SMARTS) is 1. The Morgan fingerprint density at radius 2 is 1.64 bits per heavy atom. The van der Waals surface area contributed by atoms with Gasteiger partial charge in [-0.05, 0) is 67.5 Å². The molecule has 4 heterocycles. The molecule has 0 saturated heterocycles. The highest BCUT2D eigenvalue weighted by Gasteiger charge is 2.28. The number of nitrogens with one attached hydrogen (secondary N) is 3. The molecule has 4 aromatic heterocycles. The third-order valence-electron chi connectivity index (χ3n) is 10.9. The van der Waals surface area contributed by atoms with Crippen LogP contribution < -0.4 is 16.0 Å². The van der Waals surface area contributed by atoms with E-state index in [2.05, 4.69) is 80.5 Å². The summed E-state index contributed by atoms with van der Waals surface area (Å²) in [4.78, 5) is 25.4. The van der Waals surface area contributed by atoms with Crippen LogP contribution in [0, 0.1) is 11.3 Å². The SMILES string of the molecule is CC(C)C[C@@H](Cc1cn(C(=O)O)nn1)NC(=O)[C@H](Cc1ccccc1)n1cc(CCCNCC(C)(C)CNc2nn3c(-c4ccccc4)nnc3cc2C2CCC2)nn1. The van der Waals surface area contributed by atoms with Crippen molar-refractivity contribution in [3.63, 3.8) is 0 Å². The first-order chi connectivity index (χ1) is 28.5. The van der Waals surface area contributed by atoms with Crippen molar-refractivity contribution in [1.82, 2.24) is 60.4 Å². The standard InChI is InChI=1S/C43H55N13O3/c1-29(2)21-34(23-35-26-55(42(58)59)53-48-35)46-41(57)37(22-30-13-7-5-8-14-30)54-25-33(47-52-54)19-12-20-44-27-43(3,4)28-45-39-36(31-17-11-18-31)24-38-49-50-40(56(38)51-39)32-15-9-6-10-16-32/h5-10,13-16,24-26,29,31,34,37,44H,11-12,17-23,27-28H2,1-4H3,(H,45,51)(H,46,57)(H,58,59)/t34-,37-/m0/s1. The number of aromatic nitrogens is 10. The first-order valence-corrected chi connectivity index (χ1v) is 20.7. The molecule has 0 spiro atoms. The van der Waals surface area contributed by atoms with Crippen molar-refractivity contribution < 1.29 is 14.7 Å². The minimum absolute atomic E-state index is 0.0651. The highest BCUT2D eigenvalue weighted by atomic mass is 16.4. The zero-order valence-electron chi connectivity index (χ0n) is 34.3. The van der Waals surface area contributed by atoms with Gasteiger partial charge >= 0.3 is 6.09 Å². The molecule has 59 heavy (non-hydrogen) atoms. The van der Waals surface area contributed by atoms with E-state index in [0.29, 0.717) is 37.3 Å². The van der Waals surface area contributed by atoms with Gasteiger partial charge in [-0.2, -0.15) is 9.20 Å². The molecule has 310 valence electrons. The van der Waals surface area contributed by atoms with Crippen LogP contribution >= 0.6 is 0 Å². The zero-order chi connectivity index (χ0) is 41.4. The number of amides is 1. The number of fused-ring (bicyclic) bond motifs is 1. The summed E-state index contributed by atoms with van der Waals surface area (Å²) in [6.45, 7) is 11.0. The minimum Gasteiger partial charge on any atom is -0.463 e. The number of hydrogen-bond acceptors (Lipinski definition) is 11. The largest absolute Gasteiger partial charge is 0.463 e. The van der Waals surface area contributed by atoms with Gasteiger partial charge in [0.1, 0.15) is 6.04 Å². The molecular weight excluding hydrogens is 747 g/mol. The lowest BCUT2D eigenvalue weighted by molar-refractivity contribution is -0.125. The van der Waals surface area contributed by atoms with E-state index in [1.54, 1.807) is 4.68 Å². The van der Waals surface area contributed by atoms with Gasteiger partial charge in [-0.3, -0.25) is 4.79 Å². The van der Waals surface area contributed by atoms with Crippen LogP contribution in [0.25, 0.3) is 17.0 Å². The average Bonchev–Trinajstić information content (AvgIpc) is 3.96. The molecule has 1 amide bonds. The van der Waals surface area contributed by atoms with E-state index in [1.807, 2.05) is 71.4 Å². The molecule has 1 aliphatic carbocycles. The van der Waals surface area contributed by atoms with Crippen LogP contribution in [0.1, 0.15) is 94.3 Å². The number of nitrogens with zero attached hydrogens (tertiary/aromatic N) is 10. The highest BCUT2D eigenvalue weighted by Crippen LogP contribution is 2.40. The molecule has 0 radical (unpaired) electrons. The third kappa shape index (κ3) is 10.7. The second-order valence-electron chi connectivity index (χ2n) is 16.9. The fourth-order valence-corrected chi connectivity index (χ4v) is 7.51. The topological polar surface area (TPSA) is 195 Å². The number of rotatable bonds is 20. The first kappa shape index (κ1) is 41.1. The van der Waals surface area contributed by atoms with E-state index < -0.39 is 12.1 Å². The number of carbonyl (C=O) groups excluding carboxylic acids is 1. The summed E-state index contributed by atoms with van der Waals surface area (Å²) in [6, 6.07) is 21.1. The number of carbonyl (C=O) groups is 2. The summed E-state index contributed by atoms with van der Waals surface area (Å²) in [5, 5.41) is 50.4. The van der Waals surface area contributed by atoms with Crippen LogP contribution in [0.15, 0.2) is 79.1 Å². The van der Waals surface area contributed by atoms with Gasteiger partial charge in [-0.25, -0.2) is 9.48 Å². The summed E-state index contributed by atoms with van der Waals surface area (Å²) in [5.41, 5.74) is 5.20. The van der Waals surface area contributed by atoms with Gasteiger partial charge < -0.3 is 21.1 Å². The minimum atomic E-state index is -1.21. The second kappa shape index (κ2) is 18.7. The van der Waals surface area contributed by atoms with Crippen molar-refractivity contribution in [2.24, 2.45) is 11.3 Å². The Labute approximate surface area is 344 Å². The molecular formula is C43H55N13O3. The van der Waals surface area contributed by atoms with E-state index in [-0.39, 0.29) is 23.3 Å². The van der Waals surface area contributed by atoms with E-state index in [4.69, 9.17) is 5.10 Å². The lowest BCUT2D eigenvalue weighted by Gasteiger charge is -2.30. The van der Waals surface area contributed by atoms with Gasteiger partial charge in [0.2, 0.25) is 5.91 Å². The van der Waals surface area contributed by atoms with Crippen LogP contribution in [0.2, 0.25) is 0 Å². The Kier molecular flexibility index (Phi) is 13.0. The molecule has 1 saturated carbocycles. The normalized spacial score (nSPS) is 14.3. The first-order valence-electron chi connectivity index (χ1n) is 20.7. The zero-order valence-corrected chi connectivity index (χ0v) is 34.3. The summed E-state index contributed by atoms with van der Waals surface area (Å²) in [5.74, 6) is 2.20. The van der Waals surface area contributed by atoms with Crippen LogP contribution in [0.4, 0.5) is 10.6 Å². The molecule has 16 nitrogen and oxygen atoms in total. The molecule has 16 heteroatoms. The Morgan fingerprint density at radius 1 is 0.898 bits per heavy atom. The molecule has 1 aliphatic rings. The smallest absolute Gasteiger partial charge is 0.433 e. The fourth-order valence-electron chi connectivity index (χ4n) is 7.51. The van der Waals surface area contributed by atoms with Crippen molar-refractivity contribution in [1.29, 1.82) is 0 Å². The molecule has 0 bridgehead atoms. The third-order valence-corrected chi connectivity index (χ3v) is 10.9. The molecule has 2 atom stereocenters. The summed E-state index contributed by atoms with van der Waals surface area (Å²) >= 11 is 0. The quantitative estimate of drug-likeness (QED) is 0.0661. The molecule has 0 unspecified atom stereocenters. The van der Waals surface area contributed by atoms with Crippen molar-refractivity contribution in [2.45, 2.75) is 97.1 Å². The van der Waals surface area contributed by atoms with Crippen molar-refractivity contribution in [3.05, 3.63) is 102 Å². The number of aryl methyl sites for hydroxylation is 1. The van der Waals surface area contributed by atoms with E-state index >= 15 is 0 Å². The second-order valence-corrected chi connectivity index (χ2v) is 16.9. The Morgan fingerprint density at radius 3 is 2.34 bits per heavy atom. The molecule has 1 fully saturated rings. The molecule has 7 rings (SSSR count). The molecule has 2 aromatic carbocycles. The average molecular weight is 802 g/mol. The van der Waals surface area contributed by atoms with Crippen molar-refractivity contribution in [2.75, 3.05) is 25.0 Å². The van der Waals surface area contributed by atoms with Crippen molar-refractivity contribution in [3.8, 4) is 11.4 Å². The Hall–Kier alpha value is -6.03. The van der Waals surface area contributed by atoms with Crippen LogP contribution in [0.3, 0.4) is 0 Å². The van der Waals surface area contributed by atoms with Crippen molar-refractivity contribution >= 4 is 23.5 Å². The lowest BCUT2D eigenvalue weighted by atomic mass is 9.80. The Balaban J connectivity index is 0.942. The summed E-state index contributed by atoms with van der Waals surface area (Å²) in [7, 11) is 0. The van der Waals surface area contributed by atoms with E-state index in [0.717, 1.165) is 77.7 Å². The van der Waals surface area contributed by atoms with Gasteiger partial charge in [0, 0.05) is 49.3 Å². The predicted molar refractivity (Wildman–Crippen MR) is 224 cm³/mol. The Bertz CT molecular complexity index is 2300. The predicted octanol–water partition coefficient (Wildman–Crippen LogP) is 5.99. The van der Waals surface area contributed by atoms with Gasteiger partial charge in [0.15, 0.2) is 17.3 Å². The van der Waals surface area contributed by atoms with Crippen LogP contribution in [-0.4, -0.2) is 92.6 Å². The van der Waals surface area contributed by atoms with E-state index in [9.17, 15) is 14.7 Å². The number of benzene rings is 2.